The zero-order valence-corrected chi connectivity index (χ0v) is 10.0. The Morgan fingerprint density at radius 1 is 1.00 bits per heavy atom. The SMILES string of the molecule is CCN(CC)CCCN(C)C(C)C. The summed E-state index contributed by atoms with van der Waals surface area (Å²) in [7, 11) is 2.20. The van der Waals surface area contributed by atoms with Crippen LogP contribution in [0.1, 0.15) is 34.1 Å². The predicted molar refractivity (Wildman–Crippen MR) is 60.2 cm³/mol. The molecular weight excluding hydrogens is 160 g/mol. The summed E-state index contributed by atoms with van der Waals surface area (Å²) < 4.78 is 0. The standard InChI is InChI=1S/C11H26N2/c1-6-13(7-2)10-8-9-12(5)11(3)4/h11H,6-10H2,1-5H3. The molecule has 0 heterocycles. The summed E-state index contributed by atoms with van der Waals surface area (Å²) >= 11 is 0. The minimum Gasteiger partial charge on any atom is -0.304 e. The largest absolute Gasteiger partial charge is 0.304 e. The van der Waals surface area contributed by atoms with Gasteiger partial charge in [0.05, 0.1) is 0 Å². The predicted octanol–water partition coefficient (Wildman–Crippen LogP) is 2.06. The summed E-state index contributed by atoms with van der Waals surface area (Å²) in [4.78, 5) is 4.89. The van der Waals surface area contributed by atoms with Crippen molar-refractivity contribution in [1.82, 2.24) is 9.80 Å². The van der Waals surface area contributed by atoms with E-state index in [1.165, 1.54) is 32.6 Å². The van der Waals surface area contributed by atoms with Crippen LogP contribution < -0.4 is 0 Å². The van der Waals surface area contributed by atoms with E-state index in [1.54, 1.807) is 0 Å². The number of rotatable bonds is 7. The average molecular weight is 186 g/mol. The third kappa shape index (κ3) is 6.05. The van der Waals surface area contributed by atoms with E-state index in [-0.39, 0.29) is 0 Å². The van der Waals surface area contributed by atoms with Crippen molar-refractivity contribution in [2.75, 3.05) is 33.2 Å². The maximum absolute atomic E-state index is 2.48. The topological polar surface area (TPSA) is 6.48 Å². The van der Waals surface area contributed by atoms with E-state index in [0.29, 0.717) is 6.04 Å². The van der Waals surface area contributed by atoms with E-state index in [9.17, 15) is 0 Å². The first-order valence-electron chi connectivity index (χ1n) is 5.54. The first-order valence-corrected chi connectivity index (χ1v) is 5.54. The molecule has 2 heteroatoms. The molecule has 2 nitrogen and oxygen atoms in total. The monoisotopic (exact) mass is 186 g/mol. The maximum Gasteiger partial charge on any atom is 0.00355 e. The van der Waals surface area contributed by atoms with Crippen LogP contribution in [-0.2, 0) is 0 Å². The fourth-order valence-electron chi connectivity index (χ4n) is 1.34. The second-order valence-electron chi connectivity index (χ2n) is 3.95. The summed E-state index contributed by atoms with van der Waals surface area (Å²) in [5.74, 6) is 0. The van der Waals surface area contributed by atoms with Gasteiger partial charge in [-0.2, -0.15) is 0 Å². The quantitative estimate of drug-likeness (QED) is 0.600. The van der Waals surface area contributed by atoms with E-state index in [2.05, 4.69) is 44.5 Å². The van der Waals surface area contributed by atoms with Crippen LogP contribution in [0.3, 0.4) is 0 Å². The molecule has 0 unspecified atom stereocenters. The molecule has 13 heavy (non-hydrogen) atoms. The van der Waals surface area contributed by atoms with Gasteiger partial charge in [-0.15, -0.1) is 0 Å². The number of nitrogens with zero attached hydrogens (tertiary/aromatic N) is 2. The van der Waals surface area contributed by atoms with E-state index < -0.39 is 0 Å². The van der Waals surface area contributed by atoms with Gasteiger partial charge in [0.25, 0.3) is 0 Å². The normalized spacial score (nSPS) is 12.0. The zero-order chi connectivity index (χ0) is 10.3. The van der Waals surface area contributed by atoms with Gasteiger partial charge < -0.3 is 9.80 Å². The van der Waals surface area contributed by atoms with Gasteiger partial charge in [-0.1, -0.05) is 13.8 Å². The first kappa shape index (κ1) is 12.9. The summed E-state index contributed by atoms with van der Waals surface area (Å²) in [5, 5.41) is 0. The number of hydrogen-bond acceptors (Lipinski definition) is 2. The number of hydrogen-bond donors (Lipinski definition) is 0. The van der Waals surface area contributed by atoms with E-state index in [4.69, 9.17) is 0 Å². The lowest BCUT2D eigenvalue weighted by atomic mass is 10.3. The van der Waals surface area contributed by atoms with Crippen LogP contribution in [0.15, 0.2) is 0 Å². The lowest BCUT2D eigenvalue weighted by Crippen LogP contribution is -2.31. The van der Waals surface area contributed by atoms with Crippen molar-refractivity contribution in [3.63, 3.8) is 0 Å². The fourth-order valence-corrected chi connectivity index (χ4v) is 1.34. The van der Waals surface area contributed by atoms with Gasteiger partial charge in [0.1, 0.15) is 0 Å². The minimum atomic E-state index is 0.678. The molecule has 0 fully saturated rings. The van der Waals surface area contributed by atoms with Gasteiger partial charge in [0, 0.05) is 6.04 Å². The fraction of sp³-hybridized carbons (Fsp3) is 1.00. The Balaban J connectivity index is 3.43. The van der Waals surface area contributed by atoms with Crippen LogP contribution in [0.4, 0.5) is 0 Å². The van der Waals surface area contributed by atoms with Crippen LogP contribution in [0.5, 0.6) is 0 Å². The van der Waals surface area contributed by atoms with E-state index in [0.717, 1.165) is 0 Å². The van der Waals surface area contributed by atoms with Crippen molar-refractivity contribution in [3.8, 4) is 0 Å². The van der Waals surface area contributed by atoms with Crippen molar-refractivity contribution in [2.45, 2.75) is 40.2 Å². The van der Waals surface area contributed by atoms with Gasteiger partial charge in [-0.05, 0) is 53.5 Å². The molecule has 0 aliphatic heterocycles. The van der Waals surface area contributed by atoms with E-state index >= 15 is 0 Å². The van der Waals surface area contributed by atoms with Crippen LogP contribution >= 0.6 is 0 Å². The van der Waals surface area contributed by atoms with Crippen LogP contribution in [0, 0.1) is 0 Å². The highest BCUT2D eigenvalue weighted by atomic mass is 15.1. The smallest absolute Gasteiger partial charge is 0.00355 e. The van der Waals surface area contributed by atoms with Crippen LogP contribution in [-0.4, -0.2) is 49.1 Å². The van der Waals surface area contributed by atoms with Crippen molar-refractivity contribution in [1.29, 1.82) is 0 Å². The summed E-state index contributed by atoms with van der Waals surface area (Å²) in [6.45, 7) is 13.8. The lowest BCUT2D eigenvalue weighted by molar-refractivity contribution is 0.236. The Morgan fingerprint density at radius 2 is 1.54 bits per heavy atom. The lowest BCUT2D eigenvalue weighted by Gasteiger charge is -2.23. The highest BCUT2D eigenvalue weighted by Crippen LogP contribution is 1.97. The second-order valence-corrected chi connectivity index (χ2v) is 3.95. The van der Waals surface area contributed by atoms with Gasteiger partial charge in [-0.3, -0.25) is 0 Å². The molecule has 0 saturated heterocycles. The van der Waals surface area contributed by atoms with Crippen molar-refractivity contribution >= 4 is 0 Å². The minimum absolute atomic E-state index is 0.678. The van der Waals surface area contributed by atoms with Crippen LogP contribution in [0.2, 0.25) is 0 Å². The van der Waals surface area contributed by atoms with Gasteiger partial charge in [0.15, 0.2) is 0 Å². The Hall–Kier alpha value is -0.0800. The Labute approximate surface area is 83.9 Å². The molecule has 0 aromatic rings. The molecule has 0 spiro atoms. The first-order chi connectivity index (χ1) is 6.11. The second kappa shape index (κ2) is 7.34. The third-order valence-electron chi connectivity index (χ3n) is 2.76. The third-order valence-corrected chi connectivity index (χ3v) is 2.76. The molecule has 0 rings (SSSR count). The molecular formula is C11H26N2. The molecule has 0 aliphatic rings. The molecule has 0 aromatic heterocycles. The van der Waals surface area contributed by atoms with Crippen molar-refractivity contribution in [2.24, 2.45) is 0 Å². The summed E-state index contributed by atoms with van der Waals surface area (Å²) in [5.41, 5.74) is 0. The van der Waals surface area contributed by atoms with Crippen molar-refractivity contribution < 1.29 is 0 Å². The molecule has 80 valence electrons. The molecule has 0 saturated carbocycles. The highest BCUT2D eigenvalue weighted by molar-refractivity contribution is 4.59. The Bertz CT molecular complexity index is 107. The Morgan fingerprint density at radius 3 is 1.92 bits per heavy atom. The Kier molecular flexibility index (Phi) is 7.29. The van der Waals surface area contributed by atoms with Crippen LogP contribution in [0.25, 0.3) is 0 Å². The molecule has 0 amide bonds. The van der Waals surface area contributed by atoms with E-state index in [1.807, 2.05) is 0 Å². The molecule has 0 N–H and O–H groups in total. The summed E-state index contributed by atoms with van der Waals surface area (Å²) in [6.07, 6.45) is 1.29. The van der Waals surface area contributed by atoms with Gasteiger partial charge in [0.2, 0.25) is 0 Å². The maximum atomic E-state index is 2.48. The highest BCUT2D eigenvalue weighted by Gasteiger charge is 2.03. The average Bonchev–Trinajstić information content (AvgIpc) is 2.12. The molecule has 0 atom stereocenters. The van der Waals surface area contributed by atoms with Gasteiger partial charge >= 0.3 is 0 Å². The molecule has 0 radical (unpaired) electrons. The molecule has 0 aliphatic carbocycles. The molecule has 0 bridgehead atoms. The molecule has 0 aromatic carbocycles. The van der Waals surface area contributed by atoms with Crippen molar-refractivity contribution in [3.05, 3.63) is 0 Å². The summed E-state index contributed by atoms with van der Waals surface area (Å²) in [6, 6.07) is 0.678. The zero-order valence-electron chi connectivity index (χ0n) is 10.0. The van der Waals surface area contributed by atoms with Gasteiger partial charge in [-0.25, -0.2) is 0 Å².